The lowest BCUT2D eigenvalue weighted by atomic mass is 10.2. The van der Waals surface area contributed by atoms with E-state index in [0.29, 0.717) is 18.0 Å². The zero-order valence-corrected chi connectivity index (χ0v) is 12.1. The fourth-order valence-corrected chi connectivity index (χ4v) is 1.89. The van der Waals surface area contributed by atoms with Crippen molar-refractivity contribution >= 4 is 11.7 Å². The van der Waals surface area contributed by atoms with Gasteiger partial charge in [-0.1, -0.05) is 0 Å². The average Bonchev–Trinajstić information content (AvgIpc) is 3.00. The molecule has 0 aliphatic heterocycles. The Morgan fingerprint density at radius 1 is 1.14 bits per heavy atom. The third-order valence-corrected chi connectivity index (χ3v) is 2.98. The first-order valence-electron chi connectivity index (χ1n) is 6.30. The molecule has 0 radical (unpaired) electrons. The van der Waals surface area contributed by atoms with Crippen molar-refractivity contribution in [3.63, 3.8) is 0 Å². The van der Waals surface area contributed by atoms with Crippen LogP contribution in [0.4, 0.5) is 5.69 Å². The molecule has 0 saturated heterocycles. The quantitative estimate of drug-likeness (QED) is 0.825. The molecule has 0 spiro atoms. The highest BCUT2D eigenvalue weighted by atomic mass is 16.5. The standard InChI is InChI=1S/C15H17NO5/c1-18-12-5-4-11(8-13(12)19-2)16-9-10-6-7-21-14(10)15(17)20-3/h4-8,16H,9H2,1-3H3. The highest BCUT2D eigenvalue weighted by Crippen LogP contribution is 2.30. The van der Waals surface area contributed by atoms with Crippen LogP contribution in [-0.2, 0) is 11.3 Å². The van der Waals surface area contributed by atoms with Gasteiger partial charge in [0.1, 0.15) is 0 Å². The number of carbonyl (C=O) groups is 1. The van der Waals surface area contributed by atoms with Crippen LogP contribution in [0.1, 0.15) is 16.1 Å². The van der Waals surface area contributed by atoms with Gasteiger partial charge >= 0.3 is 5.97 Å². The molecule has 0 amide bonds. The third kappa shape index (κ3) is 3.28. The molecule has 0 bridgehead atoms. The van der Waals surface area contributed by atoms with E-state index in [-0.39, 0.29) is 5.76 Å². The van der Waals surface area contributed by atoms with Crippen LogP contribution in [0, 0.1) is 0 Å². The summed E-state index contributed by atoms with van der Waals surface area (Å²) in [6.45, 7) is 0.427. The summed E-state index contributed by atoms with van der Waals surface area (Å²) in [5.74, 6) is 0.985. The van der Waals surface area contributed by atoms with E-state index >= 15 is 0 Å². The van der Waals surface area contributed by atoms with Crippen molar-refractivity contribution in [1.82, 2.24) is 0 Å². The molecular formula is C15H17NO5. The number of furan rings is 1. The van der Waals surface area contributed by atoms with Crippen molar-refractivity contribution in [1.29, 1.82) is 0 Å². The summed E-state index contributed by atoms with van der Waals surface area (Å²) in [5.41, 5.74) is 1.56. The van der Waals surface area contributed by atoms with Crippen LogP contribution in [0.25, 0.3) is 0 Å². The number of rotatable bonds is 6. The van der Waals surface area contributed by atoms with E-state index in [2.05, 4.69) is 10.1 Å². The van der Waals surface area contributed by atoms with Crippen molar-refractivity contribution in [2.75, 3.05) is 26.6 Å². The number of esters is 1. The van der Waals surface area contributed by atoms with E-state index in [1.807, 2.05) is 12.1 Å². The Morgan fingerprint density at radius 3 is 2.57 bits per heavy atom. The summed E-state index contributed by atoms with van der Waals surface area (Å²) in [4.78, 5) is 11.5. The van der Waals surface area contributed by atoms with Crippen molar-refractivity contribution in [3.8, 4) is 11.5 Å². The van der Waals surface area contributed by atoms with Crippen molar-refractivity contribution in [3.05, 3.63) is 41.9 Å². The molecule has 1 aromatic heterocycles. The maximum Gasteiger partial charge on any atom is 0.374 e. The van der Waals surface area contributed by atoms with Gasteiger partial charge in [-0.15, -0.1) is 0 Å². The van der Waals surface area contributed by atoms with Gasteiger partial charge in [0, 0.05) is 23.9 Å². The Balaban J connectivity index is 2.10. The first-order chi connectivity index (χ1) is 10.2. The minimum Gasteiger partial charge on any atom is -0.493 e. The summed E-state index contributed by atoms with van der Waals surface area (Å²) < 4.78 is 20.2. The van der Waals surface area contributed by atoms with Crippen LogP contribution >= 0.6 is 0 Å². The second-order valence-corrected chi connectivity index (χ2v) is 4.19. The maximum absolute atomic E-state index is 11.5. The zero-order valence-electron chi connectivity index (χ0n) is 12.1. The van der Waals surface area contributed by atoms with Gasteiger partial charge in [-0.3, -0.25) is 0 Å². The fraction of sp³-hybridized carbons (Fsp3) is 0.267. The van der Waals surface area contributed by atoms with Gasteiger partial charge in [0.05, 0.1) is 27.6 Å². The summed E-state index contributed by atoms with van der Waals surface area (Å²) in [5, 5.41) is 3.19. The molecular weight excluding hydrogens is 274 g/mol. The SMILES string of the molecule is COC(=O)c1occc1CNc1ccc(OC)c(OC)c1. The van der Waals surface area contributed by atoms with Crippen molar-refractivity contribution in [2.45, 2.75) is 6.54 Å². The molecule has 2 aromatic rings. The number of benzene rings is 1. The smallest absolute Gasteiger partial charge is 0.374 e. The monoisotopic (exact) mass is 291 g/mol. The lowest BCUT2D eigenvalue weighted by Gasteiger charge is -2.11. The predicted octanol–water partition coefficient (Wildman–Crippen LogP) is 2.70. The molecule has 0 unspecified atom stereocenters. The lowest BCUT2D eigenvalue weighted by molar-refractivity contribution is 0.0563. The first kappa shape index (κ1) is 14.8. The van der Waals surface area contributed by atoms with Gasteiger partial charge in [-0.25, -0.2) is 4.79 Å². The predicted molar refractivity (Wildman–Crippen MR) is 76.9 cm³/mol. The minimum atomic E-state index is -0.496. The van der Waals surface area contributed by atoms with Gasteiger partial charge < -0.3 is 23.9 Å². The summed E-state index contributed by atoms with van der Waals surface area (Å²) in [6.07, 6.45) is 1.46. The van der Waals surface area contributed by atoms with Crippen LogP contribution in [0.2, 0.25) is 0 Å². The van der Waals surface area contributed by atoms with Gasteiger partial charge in [0.2, 0.25) is 5.76 Å². The summed E-state index contributed by atoms with van der Waals surface area (Å²) in [7, 11) is 4.47. The Hall–Kier alpha value is -2.63. The molecule has 112 valence electrons. The molecule has 6 nitrogen and oxygen atoms in total. The van der Waals surface area contributed by atoms with Crippen LogP contribution in [0.5, 0.6) is 11.5 Å². The lowest BCUT2D eigenvalue weighted by Crippen LogP contribution is -2.07. The second-order valence-electron chi connectivity index (χ2n) is 4.19. The van der Waals surface area contributed by atoms with Gasteiger partial charge in [-0.05, 0) is 18.2 Å². The maximum atomic E-state index is 11.5. The number of anilines is 1. The van der Waals surface area contributed by atoms with Crippen molar-refractivity contribution < 1.29 is 23.4 Å². The third-order valence-electron chi connectivity index (χ3n) is 2.98. The Morgan fingerprint density at radius 2 is 1.90 bits per heavy atom. The Bertz CT molecular complexity index is 620. The van der Waals surface area contributed by atoms with E-state index < -0.39 is 5.97 Å². The fourth-order valence-electron chi connectivity index (χ4n) is 1.89. The Labute approximate surface area is 122 Å². The molecule has 0 saturated carbocycles. The zero-order chi connectivity index (χ0) is 15.2. The van der Waals surface area contributed by atoms with E-state index in [9.17, 15) is 4.79 Å². The molecule has 1 heterocycles. The molecule has 1 N–H and O–H groups in total. The molecule has 21 heavy (non-hydrogen) atoms. The molecule has 2 rings (SSSR count). The number of ether oxygens (including phenoxy) is 3. The van der Waals surface area contributed by atoms with Gasteiger partial charge in [-0.2, -0.15) is 0 Å². The van der Waals surface area contributed by atoms with Crippen LogP contribution in [0.3, 0.4) is 0 Å². The second kappa shape index (κ2) is 6.69. The van der Waals surface area contributed by atoms with E-state index in [0.717, 1.165) is 11.3 Å². The normalized spacial score (nSPS) is 10.0. The van der Waals surface area contributed by atoms with Crippen LogP contribution in [-0.4, -0.2) is 27.3 Å². The van der Waals surface area contributed by atoms with E-state index in [1.165, 1.54) is 13.4 Å². The van der Waals surface area contributed by atoms with E-state index in [4.69, 9.17) is 13.9 Å². The highest BCUT2D eigenvalue weighted by molar-refractivity contribution is 5.87. The topological polar surface area (TPSA) is 69.9 Å². The molecule has 0 aliphatic carbocycles. The number of carbonyl (C=O) groups excluding carboxylic acids is 1. The average molecular weight is 291 g/mol. The first-order valence-corrected chi connectivity index (χ1v) is 6.30. The molecule has 0 atom stereocenters. The van der Waals surface area contributed by atoms with Crippen LogP contribution < -0.4 is 14.8 Å². The number of hydrogen-bond donors (Lipinski definition) is 1. The van der Waals surface area contributed by atoms with Crippen molar-refractivity contribution in [2.24, 2.45) is 0 Å². The number of hydrogen-bond acceptors (Lipinski definition) is 6. The van der Waals surface area contributed by atoms with Gasteiger partial charge in [0.15, 0.2) is 11.5 Å². The number of nitrogens with one attached hydrogen (secondary N) is 1. The Kier molecular flexibility index (Phi) is 4.71. The largest absolute Gasteiger partial charge is 0.493 e. The molecule has 0 fully saturated rings. The summed E-state index contributed by atoms with van der Waals surface area (Å²) in [6, 6.07) is 7.20. The molecule has 1 aromatic carbocycles. The van der Waals surface area contributed by atoms with Gasteiger partial charge in [0.25, 0.3) is 0 Å². The molecule has 6 heteroatoms. The van der Waals surface area contributed by atoms with Crippen LogP contribution in [0.15, 0.2) is 34.9 Å². The number of methoxy groups -OCH3 is 3. The highest BCUT2D eigenvalue weighted by Gasteiger charge is 2.15. The van der Waals surface area contributed by atoms with E-state index in [1.54, 1.807) is 26.4 Å². The molecule has 0 aliphatic rings. The minimum absolute atomic E-state index is 0.200. The summed E-state index contributed by atoms with van der Waals surface area (Å²) >= 11 is 0.